The Labute approximate surface area is 330 Å². The Balaban J connectivity index is 0.000000182. The van der Waals surface area contributed by atoms with Crippen LogP contribution in [0.4, 0.5) is 22.7 Å². The molecule has 56 heavy (non-hydrogen) atoms. The number of aromatic nitrogens is 4. The largest absolute Gasteiger partial charge is 0.495 e. The highest BCUT2D eigenvalue weighted by atomic mass is 16.6. The van der Waals surface area contributed by atoms with Crippen molar-refractivity contribution in [2.24, 2.45) is 14.1 Å². The fraction of sp³-hybridized carbons (Fsp3) is 0.561. The number of rotatable bonds is 9. The quantitative estimate of drug-likeness (QED) is 0.127. The average molecular weight is 773 g/mol. The number of nitro groups is 1. The predicted molar refractivity (Wildman–Crippen MR) is 222 cm³/mol. The van der Waals surface area contributed by atoms with Gasteiger partial charge in [-0.15, -0.1) is 0 Å². The molecule has 2 saturated carbocycles. The second-order valence-electron chi connectivity index (χ2n) is 15.1. The number of nitrogen functional groups attached to an aromatic ring is 1. The molecule has 4 aromatic rings. The van der Waals surface area contributed by atoms with Crippen LogP contribution in [0.2, 0.25) is 0 Å². The summed E-state index contributed by atoms with van der Waals surface area (Å²) in [6.07, 6.45) is 18.4. The number of nitrogens with zero attached hydrogens (tertiary/aromatic N) is 9. The molecule has 2 aliphatic carbocycles. The molecular formula is C41H60N10O5. The van der Waals surface area contributed by atoms with Gasteiger partial charge in [0.15, 0.2) is 5.75 Å². The first-order valence-electron chi connectivity index (χ1n) is 20.0. The highest BCUT2D eigenvalue weighted by molar-refractivity contribution is 5.84. The van der Waals surface area contributed by atoms with Gasteiger partial charge in [0.1, 0.15) is 5.75 Å². The number of aliphatic hydroxyl groups is 1. The standard InChI is InChI=1S/C20H27N5O3.C20H29N5O.CH4O/c1-22-14-15(13-21-22)17-11-19(25(26)27)20(28-2)12-18(17)24-9-7-23(8-10-24)16-5-3-4-6-16;1-23-14-15(13-22-23)17-11-18(21)20(26-2)12-19(17)25-9-7-24(8-10-25)16-5-3-4-6-16;1-2/h11-14,16H,3-10H2,1-2H3;11-14,16H,3-10,21H2,1-2H3;2H,1H3. The Kier molecular flexibility index (Phi) is 13.7. The van der Waals surface area contributed by atoms with E-state index in [9.17, 15) is 10.1 Å². The van der Waals surface area contributed by atoms with E-state index < -0.39 is 0 Å². The van der Waals surface area contributed by atoms with Crippen molar-refractivity contribution < 1.29 is 19.5 Å². The molecule has 15 heteroatoms. The van der Waals surface area contributed by atoms with Gasteiger partial charge in [-0.3, -0.25) is 29.3 Å². The Hall–Kier alpha value is -4.86. The minimum Gasteiger partial charge on any atom is -0.495 e. The summed E-state index contributed by atoms with van der Waals surface area (Å²) in [6, 6.07) is 9.07. The van der Waals surface area contributed by atoms with E-state index in [0.717, 1.165) is 105 Å². The Bertz CT molecular complexity index is 1880. The number of aryl methyl sites for hydroxylation is 2. The first kappa shape index (κ1) is 40.8. The first-order chi connectivity index (χ1) is 27.2. The number of hydrogen-bond donors (Lipinski definition) is 2. The molecule has 0 amide bonds. The normalized spacial score (nSPS) is 18.3. The van der Waals surface area contributed by atoms with Crippen LogP contribution in [-0.4, -0.2) is 125 Å². The van der Waals surface area contributed by atoms with Gasteiger partial charge in [-0.1, -0.05) is 25.7 Å². The number of piperazine rings is 2. The highest BCUT2D eigenvalue weighted by Crippen LogP contribution is 2.42. The lowest BCUT2D eigenvalue weighted by Gasteiger charge is -2.40. The van der Waals surface area contributed by atoms with Crippen LogP contribution in [0.5, 0.6) is 11.5 Å². The number of ether oxygens (including phenoxy) is 2. The summed E-state index contributed by atoms with van der Waals surface area (Å²) in [7, 11) is 7.95. The van der Waals surface area contributed by atoms with Crippen LogP contribution in [0.25, 0.3) is 22.3 Å². The third kappa shape index (κ3) is 9.22. The summed E-state index contributed by atoms with van der Waals surface area (Å²) in [5, 5.41) is 27.1. The van der Waals surface area contributed by atoms with Crippen molar-refractivity contribution in [2.45, 2.75) is 63.5 Å². The molecule has 2 aromatic heterocycles. The summed E-state index contributed by atoms with van der Waals surface area (Å²) in [5.74, 6) is 1.04. The molecular weight excluding hydrogens is 713 g/mol. The van der Waals surface area contributed by atoms with Gasteiger partial charge in [0, 0.05) is 150 Å². The predicted octanol–water partition coefficient (Wildman–Crippen LogP) is 5.42. The summed E-state index contributed by atoms with van der Waals surface area (Å²) in [4.78, 5) is 21.2. The summed E-state index contributed by atoms with van der Waals surface area (Å²) >= 11 is 0. The van der Waals surface area contributed by atoms with E-state index in [4.69, 9.17) is 20.3 Å². The molecule has 0 atom stereocenters. The minimum absolute atomic E-state index is 0.0188. The minimum atomic E-state index is -0.388. The molecule has 2 aromatic carbocycles. The molecule has 8 rings (SSSR count). The topological polar surface area (TPSA) is 156 Å². The van der Waals surface area contributed by atoms with E-state index in [1.807, 2.05) is 49.5 Å². The molecule has 4 heterocycles. The van der Waals surface area contributed by atoms with E-state index in [-0.39, 0.29) is 10.6 Å². The van der Waals surface area contributed by atoms with Crippen molar-refractivity contribution in [3.05, 3.63) is 59.2 Å². The van der Waals surface area contributed by atoms with Gasteiger partial charge in [-0.25, -0.2) is 0 Å². The van der Waals surface area contributed by atoms with Gasteiger partial charge < -0.3 is 30.1 Å². The lowest BCUT2D eigenvalue weighted by Crippen LogP contribution is -2.49. The smallest absolute Gasteiger partial charge is 0.311 e. The Morgan fingerprint density at radius 3 is 1.46 bits per heavy atom. The van der Waals surface area contributed by atoms with Gasteiger partial charge in [0.2, 0.25) is 0 Å². The zero-order chi connectivity index (χ0) is 39.8. The zero-order valence-electron chi connectivity index (χ0n) is 33.8. The van der Waals surface area contributed by atoms with Gasteiger partial charge in [0.05, 0.1) is 37.2 Å². The van der Waals surface area contributed by atoms with E-state index in [1.165, 1.54) is 64.2 Å². The molecule has 4 fully saturated rings. The average Bonchev–Trinajstić information content (AvgIpc) is 4.08. The van der Waals surface area contributed by atoms with Gasteiger partial charge in [0.25, 0.3) is 0 Å². The third-order valence-electron chi connectivity index (χ3n) is 11.9. The van der Waals surface area contributed by atoms with Crippen LogP contribution >= 0.6 is 0 Å². The van der Waals surface area contributed by atoms with E-state index in [1.54, 1.807) is 24.1 Å². The van der Waals surface area contributed by atoms with Crippen LogP contribution in [-0.2, 0) is 14.1 Å². The van der Waals surface area contributed by atoms with Crippen LogP contribution in [0.3, 0.4) is 0 Å². The van der Waals surface area contributed by atoms with Gasteiger partial charge in [-0.05, 0) is 31.7 Å². The van der Waals surface area contributed by atoms with Crippen molar-refractivity contribution in [1.29, 1.82) is 0 Å². The number of methoxy groups -OCH3 is 2. The summed E-state index contributed by atoms with van der Waals surface area (Å²) in [6.45, 7) is 8.20. The maximum absolute atomic E-state index is 11.5. The van der Waals surface area contributed by atoms with Crippen molar-refractivity contribution in [3.8, 4) is 33.8 Å². The van der Waals surface area contributed by atoms with E-state index in [2.05, 4.69) is 35.9 Å². The second kappa shape index (κ2) is 18.9. The molecule has 3 N–H and O–H groups in total. The van der Waals surface area contributed by atoms with Crippen LogP contribution < -0.4 is 25.0 Å². The molecule has 0 radical (unpaired) electrons. The summed E-state index contributed by atoms with van der Waals surface area (Å²) in [5.41, 5.74) is 12.9. The first-order valence-corrected chi connectivity index (χ1v) is 20.0. The van der Waals surface area contributed by atoms with E-state index >= 15 is 0 Å². The van der Waals surface area contributed by atoms with E-state index in [0.29, 0.717) is 11.4 Å². The van der Waals surface area contributed by atoms with Crippen molar-refractivity contribution >= 4 is 22.7 Å². The zero-order valence-corrected chi connectivity index (χ0v) is 33.8. The number of nitro benzene ring substituents is 1. The molecule has 0 bridgehead atoms. The molecule has 304 valence electrons. The number of hydrogen-bond acceptors (Lipinski definition) is 12. The van der Waals surface area contributed by atoms with Crippen LogP contribution in [0, 0.1) is 10.1 Å². The maximum atomic E-state index is 11.5. The lowest BCUT2D eigenvalue weighted by molar-refractivity contribution is -0.385. The third-order valence-corrected chi connectivity index (χ3v) is 11.9. The highest BCUT2D eigenvalue weighted by Gasteiger charge is 2.30. The molecule has 0 unspecified atom stereocenters. The number of aliphatic hydroxyl groups excluding tert-OH is 1. The molecule has 0 spiro atoms. The fourth-order valence-electron chi connectivity index (χ4n) is 8.93. The van der Waals surface area contributed by atoms with Crippen molar-refractivity contribution in [2.75, 3.05) is 89.2 Å². The van der Waals surface area contributed by atoms with Crippen molar-refractivity contribution in [1.82, 2.24) is 29.4 Å². The Morgan fingerprint density at radius 2 is 1.09 bits per heavy atom. The van der Waals surface area contributed by atoms with Crippen molar-refractivity contribution in [3.63, 3.8) is 0 Å². The molecule has 2 aliphatic heterocycles. The maximum Gasteiger partial charge on any atom is 0.311 e. The lowest BCUT2D eigenvalue weighted by atomic mass is 10.0. The fourth-order valence-corrected chi connectivity index (χ4v) is 8.93. The number of nitrogens with two attached hydrogens (primary N) is 1. The Morgan fingerprint density at radius 1 is 0.679 bits per heavy atom. The molecule has 2 saturated heterocycles. The van der Waals surface area contributed by atoms with Crippen LogP contribution in [0.1, 0.15) is 51.4 Å². The SMILES string of the molecule is CO.COc1cc(N2CCN(C3CCCC3)CC2)c(-c2cnn(C)c2)cc1N.COc1cc(N2CCN(C3CCCC3)CC2)c(-c2cnn(C)c2)cc1[N+](=O)[O-]. The molecule has 15 nitrogen and oxygen atoms in total. The summed E-state index contributed by atoms with van der Waals surface area (Å²) < 4.78 is 14.4. The van der Waals surface area contributed by atoms with Gasteiger partial charge >= 0.3 is 5.69 Å². The van der Waals surface area contributed by atoms with Crippen LogP contribution in [0.15, 0.2) is 49.1 Å². The monoisotopic (exact) mass is 772 g/mol. The second-order valence-corrected chi connectivity index (χ2v) is 15.1. The number of anilines is 3. The van der Waals surface area contributed by atoms with Gasteiger partial charge in [-0.2, -0.15) is 10.2 Å². The molecule has 4 aliphatic rings. The number of benzene rings is 2.